The third-order valence-corrected chi connectivity index (χ3v) is 5.04. The molecule has 1 atom stereocenters. The van der Waals surface area contributed by atoms with Crippen molar-refractivity contribution >= 4 is 11.4 Å². The van der Waals surface area contributed by atoms with Gasteiger partial charge in [0.1, 0.15) is 10.3 Å². The topological polar surface area (TPSA) is 60.9 Å². The quantitative estimate of drug-likeness (QED) is 0.882. The fourth-order valence-electron chi connectivity index (χ4n) is 1.94. The number of aromatic nitrogens is 2. The number of rotatable bonds is 4. The first-order chi connectivity index (χ1) is 9.84. The van der Waals surface area contributed by atoms with Gasteiger partial charge in [-0.25, -0.2) is 0 Å². The first kappa shape index (κ1) is 15.9. The lowest BCUT2D eigenvalue weighted by atomic mass is 9.88. The Morgan fingerprint density at radius 3 is 1.76 bits per heavy atom. The Hall–Kier alpha value is -1.43. The minimum atomic E-state index is -1.21. The zero-order valence-electron chi connectivity index (χ0n) is 12.8. The lowest BCUT2D eigenvalue weighted by Crippen LogP contribution is -2.50. The Bertz CT molecular complexity index is 530. The maximum absolute atomic E-state index is 12.6. The van der Waals surface area contributed by atoms with Crippen molar-refractivity contribution in [3.8, 4) is 0 Å². The van der Waals surface area contributed by atoms with Crippen LogP contribution in [-0.2, 0) is 16.9 Å². The average molecular weight is 303 g/mol. The molecule has 112 valence electrons. The van der Waals surface area contributed by atoms with Gasteiger partial charge in [0.2, 0.25) is 0 Å². The summed E-state index contributed by atoms with van der Waals surface area (Å²) in [5, 5.41) is 0. The monoisotopic (exact) mass is 303 g/mol. The molecule has 2 aromatic heterocycles. The lowest BCUT2D eigenvalue weighted by molar-refractivity contribution is 0.480. The van der Waals surface area contributed by atoms with Crippen molar-refractivity contribution in [3.63, 3.8) is 0 Å². The normalized spacial score (nSPS) is 14.0. The van der Waals surface area contributed by atoms with Crippen LogP contribution in [0, 0.1) is 0 Å². The molecule has 0 saturated carbocycles. The summed E-state index contributed by atoms with van der Waals surface area (Å²) in [5.41, 5.74) is 1.30. The molecule has 2 aromatic rings. The minimum absolute atomic E-state index is 0.355. The van der Waals surface area contributed by atoms with E-state index in [1.54, 1.807) is 24.8 Å². The smallest absolute Gasteiger partial charge is 0.136 e. The fraction of sp³-hybridized carbons (Fsp3) is 0.375. The molecule has 0 spiro atoms. The van der Waals surface area contributed by atoms with E-state index in [9.17, 15) is 4.55 Å². The molecule has 0 aromatic carbocycles. The van der Waals surface area contributed by atoms with Crippen molar-refractivity contribution in [1.29, 1.82) is 0 Å². The first-order valence-electron chi connectivity index (χ1n) is 6.85. The highest BCUT2D eigenvalue weighted by Crippen LogP contribution is 2.31. The van der Waals surface area contributed by atoms with Crippen LogP contribution in [0.15, 0.2) is 49.1 Å². The van der Waals surface area contributed by atoms with Gasteiger partial charge in [0, 0.05) is 36.1 Å². The molecule has 1 unspecified atom stereocenters. The highest BCUT2D eigenvalue weighted by atomic mass is 32.2. The molecule has 0 aliphatic carbocycles. The average Bonchev–Trinajstić information content (AvgIpc) is 2.48. The van der Waals surface area contributed by atoms with E-state index in [1.807, 2.05) is 52.0 Å². The van der Waals surface area contributed by atoms with Gasteiger partial charge in [0.25, 0.3) is 0 Å². The van der Waals surface area contributed by atoms with Crippen LogP contribution in [0.2, 0.25) is 0 Å². The zero-order valence-corrected chi connectivity index (χ0v) is 13.6. The summed E-state index contributed by atoms with van der Waals surface area (Å²) in [5.74, 6) is 0. The molecule has 0 aliphatic rings. The molecule has 0 amide bonds. The molecule has 0 saturated heterocycles. The van der Waals surface area contributed by atoms with E-state index < -0.39 is 16.9 Å². The summed E-state index contributed by atoms with van der Waals surface area (Å²) in [7, 11) is 0. The van der Waals surface area contributed by atoms with E-state index in [0.717, 1.165) is 11.1 Å². The molecule has 0 radical (unpaired) electrons. The third-order valence-electron chi connectivity index (χ3n) is 3.33. The van der Waals surface area contributed by atoms with E-state index in [-0.39, 0.29) is 4.75 Å². The van der Waals surface area contributed by atoms with Crippen LogP contribution in [-0.4, -0.2) is 19.3 Å². The van der Waals surface area contributed by atoms with Gasteiger partial charge in [-0.3, -0.25) is 9.97 Å². The van der Waals surface area contributed by atoms with Gasteiger partial charge < -0.3 is 4.55 Å². The molecular formula is C16H21N3OS. The van der Waals surface area contributed by atoms with Crippen LogP contribution in [0.5, 0.6) is 0 Å². The van der Waals surface area contributed by atoms with Crippen LogP contribution in [0.25, 0.3) is 0 Å². The van der Waals surface area contributed by atoms with E-state index in [1.165, 1.54) is 0 Å². The largest absolute Gasteiger partial charge is 0.598 e. The van der Waals surface area contributed by atoms with Crippen molar-refractivity contribution in [2.45, 2.75) is 38.0 Å². The molecule has 0 fully saturated rings. The predicted octanol–water partition coefficient (Wildman–Crippen LogP) is 2.79. The summed E-state index contributed by atoms with van der Waals surface area (Å²) in [6.45, 7) is 7.85. The molecule has 0 aliphatic heterocycles. The van der Waals surface area contributed by atoms with E-state index in [4.69, 9.17) is 0 Å². The first-order valence-corrected chi connectivity index (χ1v) is 8.00. The van der Waals surface area contributed by atoms with Crippen LogP contribution < -0.4 is 4.72 Å². The molecule has 4 nitrogen and oxygen atoms in total. The number of pyridine rings is 2. The fourth-order valence-corrected chi connectivity index (χ4v) is 2.85. The van der Waals surface area contributed by atoms with Gasteiger partial charge in [-0.2, -0.15) is 0 Å². The lowest BCUT2D eigenvalue weighted by Gasteiger charge is -2.35. The molecule has 1 N–H and O–H groups in total. The number of hydrogen-bond donors (Lipinski definition) is 1. The maximum Gasteiger partial charge on any atom is 0.136 e. The SMILES string of the molecule is CC(N[S+]([O-])C(C)(C)C)(c1cccnc1)c1cccnc1. The van der Waals surface area contributed by atoms with Gasteiger partial charge >= 0.3 is 0 Å². The van der Waals surface area contributed by atoms with Crippen molar-refractivity contribution in [2.24, 2.45) is 0 Å². The Morgan fingerprint density at radius 1 is 0.952 bits per heavy atom. The van der Waals surface area contributed by atoms with Gasteiger partial charge in [-0.1, -0.05) is 12.1 Å². The zero-order chi connectivity index (χ0) is 15.5. The Labute approximate surface area is 129 Å². The van der Waals surface area contributed by atoms with Gasteiger partial charge in [0.15, 0.2) is 0 Å². The number of hydrogen-bond acceptors (Lipinski definition) is 4. The molecule has 2 rings (SSSR count). The Morgan fingerprint density at radius 2 is 1.43 bits per heavy atom. The van der Waals surface area contributed by atoms with E-state index in [0.29, 0.717) is 0 Å². The van der Waals surface area contributed by atoms with E-state index in [2.05, 4.69) is 14.7 Å². The standard InChI is InChI=1S/C16H21N3OS/c1-15(2,3)21(20)19-16(4,13-7-5-9-17-11-13)14-8-6-10-18-12-14/h5-12,19H,1-4H3. The number of nitrogens with one attached hydrogen (secondary N) is 1. The Balaban J connectivity index is 2.45. The summed E-state index contributed by atoms with van der Waals surface area (Å²) in [6.07, 6.45) is 7.04. The van der Waals surface area contributed by atoms with Crippen molar-refractivity contribution in [3.05, 3.63) is 60.2 Å². The maximum atomic E-state index is 12.6. The van der Waals surface area contributed by atoms with E-state index >= 15 is 0 Å². The second-order valence-corrected chi connectivity index (χ2v) is 8.06. The molecule has 0 bridgehead atoms. The summed E-state index contributed by atoms with van der Waals surface area (Å²) < 4.78 is 15.5. The summed E-state index contributed by atoms with van der Waals surface area (Å²) in [6, 6.07) is 7.72. The van der Waals surface area contributed by atoms with Crippen LogP contribution in [0.1, 0.15) is 38.8 Å². The second-order valence-electron chi connectivity index (χ2n) is 6.09. The molecule has 5 heteroatoms. The van der Waals surface area contributed by atoms with Gasteiger partial charge in [-0.15, -0.1) is 4.72 Å². The van der Waals surface area contributed by atoms with Crippen LogP contribution in [0.4, 0.5) is 0 Å². The van der Waals surface area contributed by atoms with Crippen molar-refractivity contribution < 1.29 is 4.55 Å². The van der Waals surface area contributed by atoms with Gasteiger partial charge in [-0.05, 0) is 51.0 Å². The van der Waals surface area contributed by atoms with Crippen molar-refractivity contribution in [2.75, 3.05) is 0 Å². The summed E-state index contributed by atoms with van der Waals surface area (Å²) in [4.78, 5) is 8.37. The Kier molecular flexibility index (Phi) is 4.66. The predicted molar refractivity (Wildman–Crippen MR) is 86.0 cm³/mol. The number of nitrogens with zero attached hydrogens (tertiary/aromatic N) is 2. The molecular weight excluding hydrogens is 282 g/mol. The summed E-state index contributed by atoms with van der Waals surface area (Å²) >= 11 is -1.21. The van der Waals surface area contributed by atoms with Crippen LogP contribution >= 0.6 is 0 Å². The highest BCUT2D eigenvalue weighted by molar-refractivity contribution is 7.90. The van der Waals surface area contributed by atoms with Crippen LogP contribution in [0.3, 0.4) is 0 Å². The van der Waals surface area contributed by atoms with Gasteiger partial charge in [0.05, 0.1) is 0 Å². The third kappa shape index (κ3) is 3.61. The molecule has 21 heavy (non-hydrogen) atoms. The molecule has 2 heterocycles. The van der Waals surface area contributed by atoms with Crippen molar-refractivity contribution in [1.82, 2.24) is 14.7 Å². The second kappa shape index (κ2) is 6.13. The minimum Gasteiger partial charge on any atom is -0.598 e. The highest BCUT2D eigenvalue weighted by Gasteiger charge is 2.38.